The first kappa shape index (κ1) is 12.1. The van der Waals surface area contributed by atoms with Gasteiger partial charge in [-0.2, -0.15) is 5.10 Å². The van der Waals surface area contributed by atoms with Gasteiger partial charge in [0.15, 0.2) is 0 Å². The average molecular weight is 246 g/mol. The molecule has 0 aliphatic heterocycles. The lowest BCUT2D eigenvalue weighted by Crippen LogP contribution is -2.08. The van der Waals surface area contributed by atoms with Gasteiger partial charge >= 0.3 is 5.97 Å². The number of anilines is 1. The van der Waals surface area contributed by atoms with Crippen molar-refractivity contribution in [1.82, 2.24) is 15.2 Å². The highest BCUT2D eigenvalue weighted by Crippen LogP contribution is 2.12. The summed E-state index contributed by atoms with van der Waals surface area (Å²) in [6.07, 6.45) is 1.69. The maximum absolute atomic E-state index is 11.4. The van der Waals surface area contributed by atoms with E-state index in [1.807, 2.05) is 6.07 Å². The van der Waals surface area contributed by atoms with Crippen LogP contribution in [-0.4, -0.2) is 28.3 Å². The van der Waals surface area contributed by atoms with Gasteiger partial charge in [-0.15, -0.1) is 0 Å². The SMILES string of the molecule is COC(=O)c1ccc(NCc2ccn[nH]2)nc1C. The molecule has 0 aliphatic rings. The summed E-state index contributed by atoms with van der Waals surface area (Å²) in [5, 5.41) is 9.84. The van der Waals surface area contributed by atoms with Crippen molar-refractivity contribution >= 4 is 11.8 Å². The summed E-state index contributed by atoms with van der Waals surface area (Å²) < 4.78 is 4.66. The molecule has 18 heavy (non-hydrogen) atoms. The average Bonchev–Trinajstić information content (AvgIpc) is 2.88. The third kappa shape index (κ3) is 2.65. The van der Waals surface area contributed by atoms with Crippen LogP contribution in [0.1, 0.15) is 21.7 Å². The number of aryl methyl sites for hydroxylation is 1. The standard InChI is InChI=1S/C12H14N4O2/c1-8-10(12(17)18-2)3-4-11(15-8)13-7-9-5-6-14-16-9/h3-6H,7H2,1-2H3,(H,13,15)(H,14,16). The molecule has 0 bridgehead atoms. The van der Waals surface area contributed by atoms with E-state index in [4.69, 9.17) is 0 Å². The van der Waals surface area contributed by atoms with Crippen LogP contribution in [0.2, 0.25) is 0 Å². The zero-order chi connectivity index (χ0) is 13.0. The van der Waals surface area contributed by atoms with E-state index >= 15 is 0 Å². The van der Waals surface area contributed by atoms with Crippen LogP contribution in [0.15, 0.2) is 24.4 Å². The summed E-state index contributed by atoms with van der Waals surface area (Å²) in [6, 6.07) is 5.32. The van der Waals surface area contributed by atoms with E-state index in [1.165, 1.54) is 7.11 Å². The van der Waals surface area contributed by atoms with Crippen LogP contribution in [0.4, 0.5) is 5.82 Å². The van der Waals surface area contributed by atoms with Crippen molar-refractivity contribution < 1.29 is 9.53 Å². The molecule has 2 heterocycles. The number of esters is 1. The van der Waals surface area contributed by atoms with Crippen LogP contribution in [0, 0.1) is 6.92 Å². The Morgan fingerprint density at radius 3 is 2.89 bits per heavy atom. The highest BCUT2D eigenvalue weighted by molar-refractivity contribution is 5.90. The lowest BCUT2D eigenvalue weighted by molar-refractivity contribution is 0.0599. The lowest BCUT2D eigenvalue weighted by Gasteiger charge is -2.07. The first-order chi connectivity index (χ1) is 8.70. The first-order valence-electron chi connectivity index (χ1n) is 5.49. The zero-order valence-corrected chi connectivity index (χ0v) is 10.2. The Morgan fingerprint density at radius 1 is 1.44 bits per heavy atom. The Bertz CT molecular complexity index is 537. The van der Waals surface area contributed by atoms with Crippen LogP contribution in [0.5, 0.6) is 0 Å². The smallest absolute Gasteiger partial charge is 0.339 e. The summed E-state index contributed by atoms with van der Waals surface area (Å²) >= 11 is 0. The second-order valence-corrected chi connectivity index (χ2v) is 3.76. The van der Waals surface area contributed by atoms with Gasteiger partial charge in [-0.05, 0) is 25.1 Å². The lowest BCUT2D eigenvalue weighted by atomic mass is 10.2. The number of aromatic amines is 1. The number of H-pyrrole nitrogens is 1. The molecule has 6 nitrogen and oxygen atoms in total. The zero-order valence-electron chi connectivity index (χ0n) is 10.2. The van der Waals surface area contributed by atoms with E-state index < -0.39 is 0 Å². The fourth-order valence-electron chi connectivity index (χ4n) is 1.55. The molecule has 2 N–H and O–H groups in total. The van der Waals surface area contributed by atoms with Gasteiger partial charge in [0, 0.05) is 6.20 Å². The monoisotopic (exact) mass is 246 g/mol. The summed E-state index contributed by atoms with van der Waals surface area (Å²) in [5.41, 5.74) is 2.08. The third-order valence-corrected chi connectivity index (χ3v) is 2.51. The molecule has 6 heteroatoms. The molecule has 2 aromatic rings. The number of rotatable bonds is 4. The fourth-order valence-corrected chi connectivity index (χ4v) is 1.55. The molecule has 0 amide bonds. The van der Waals surface area contributed by atoms with E-state index in [1.54, 1.807) is 25.3 Å². The maximum Gasteiger partial charge on any atom is 0.339 e. The number of nitrogens with zero attached hydrogens (tertiary/aromatic N) is 2. The van der Waals surface area contributed by atoms with Gasteiger partial charge in [-0.25, -0.2) is 9.78 Å². The van der Waals surface area contributed by atoms with Crippen LogP contribution in [0.3, 0.4) is 0 Å². The predicted octanol–water partition coefficient (Wildman–Crippen LogP) is 1.51. The molecule has 94 valence electrons. The largest absolute Gasteiger partial charge is 0.465 e. The second-order valence-electron chi connectivity index (χ2n) is 3.76. The van der Waals surface area contributed by atoms with E-state index in [0.717, 1.165) is 5.69 Å². The van der Waals surface area contributed by atoms with Gasteiger partial charge in [-0.3, -0.25) is 5.10 Å². The Hall–Kier alpha value is -2.37. The number of carbonyl (C=O) groups is 1. The third-order valence-electron chi connectivity index (χ3n) is 2.51. The molecule has 0 saturated heterocycles. The van der Waals surface area contributed by atoms with E-state index in [9.17, 15) is 4.79 Å². The van der Waals surface area contributed by atoms with E-state index in [2.05, 4.69) is 25.2 Å². The van der Waals surface area contributed by atoms with Crippen molar-refractivity contribution in [2.45, 2.75) is 13.5 Å². The van der Waals surface area contributed by atoms with Crippen molar-refractivity contribution in [2.24, 2.45) is 0 Å². The number of nitrogens with one attached hydrogen (secondary N) is 2. The van der Waals surface area contributed by atoms with Crippen LogP contribution >= 0.6 is 0 Å². The summed E-state index contributed by atoms with van der Waals surface area (Å²) in [7, 11) is 1.35. The van der Waals surface area contributed by atoms with Crippen LogP contribution < -0.4 is 5.32 Å². The molecule has 2 rings (SSSR count). The normalized spacial score (nSPS) is 10.1. The highest BCUT2D eigenvalue weighted by Gasteiger charge is 2.10. The molecule has 0 fully saturated rings. The number of hydrogen-bond acceptors (Lipinski definition) is 5. The van der Waals surface area contributed by atoms with Gasteiger partial charge < -0.3 is 10.1 Å². The summed E-state index contributed by atoms with van der Waals surface area (Å²) in [5.74, 6) is 0.329. The Labute approximate surface area is 104 Å². The van der Waals surface area contributed by atoms with Crippen molar-refractivity contribution in [3.05, 3.63) is 41.3 Å². The quantitative estimate of drug-likeness (QED) is 0.799. The van der Waals surface area contributed by atoms with Crippen molar-refractivity contribution in [2.75, 3.05) is 12.4 Å². The van der Waals surface area contributed by atoms with E-state index in [0.29, 0.717) is 23.6 Å². The molecular weight excluding hydrogens is 232 g/mol. The van der Waals surface area contributed by atoms with Crippen molar-refractivity contribution in [1.29, 1.82) is 0 Å². The number of aromatic nitrogens is 3. The molecular formula is C12H14N4O2. The second kappa shape index (κ2) is 5.31. The number of ether oxygens (including phenoxy) is 1. The first-order valence-corrected chi connectivity index (χ1v) is 5.49. The Kier molecular flexibility index (Phi) is 3.57. The number of carbonyl (C=O) groups excluding carboxylic acids is 1. The molecule has 0 aromatic carbocycles. The topological polar surface area (TPSA) is 79.9 Å². The molecule has 0 aliphatic carbocycles. The maximum atomic E-state index is 11.4. The number of pyridine rings is 1. The van der Waals surface area contributed by atoms with Crippen LogP contribution in [-0.2, 0) is 11.3 Å². The number of methoxy groups -OCH3 is 1. The van der Waals surface area contributed by atoms with Gasteiger partial charge in [-0.1, -0.05) is 0 Å². The summed E-state index contributed by atoms with van der Waals surface area (Å²) in [6.45, 7) is 2.37. The van der Waals surface area contributed by atoms with Crippen LogP contribution in [0.25, 0.3) is 0 Å². The van der Waals surface area contributed by atoms with Gasteiger partial charge in [0.1, 0.15) is 5.82 Å². The van der Waals surface area contributed by atoms with E-state index in [-0.39, 0.29) is 5.97 Å². The van der Waals surface area contributed by atoms with Gasteiger partial charge in [0.2, 0.25) is 0 Å². The minimum absolute atomic E-state index is 0.375. The molecule has 2 aromatic heterocycles. The molecule has 0 radical (unpaired) electrons. The summed E-state index contributed by atoms with van der Waals surface area (Å²) in [4.78, 5) is 15.7. The molecule has 0 unspecified atom stereocenters. The van der Waals surface area contributed by atoms with Gasteiger partial charge in [0.05, 0.1) is 30.6 Å². The molecule has 0 atom stereocenters. The molecule has 0 spiro atoms. The Morgan fingerprint density at radius 2 is 2.28 bits per heavy atom. The predicted molar refractivity (Wildman–Crippen MR) is 66.2 cm³/mol. The Balaban J connectivity index is 2.07. The van der Waals surface area contributed by atoms with Crippen molar-refractivity contribution in [3.63, 3.8) is 0 Å². The highest BCUT2D eigenvalue weighted by atomic mass is 16.5. The minimum Gasteiger partial charge on any atom is -0.465 e. The number of hydrogen-bond donors (Lipinski definition) is 2. The molecule has 0 saturated carbocycles. The fraction of sp³-hybridized carbons (Fsp3) is 0.250. The van der Waals surface area contributed by atoms with Gasteiger partial charge in [0.25, 0.3) is 0 Å². The minimum atomic E-state index is -0.375. The van der Waals surface area contributed by atoms with Crippen molar-refractivity contribution in [3.8, 4) is 0 Å².